The third kappa shape index (κ3) is 5.80. The van der Waals surface area contributed by atoms with E-state index in [1.807, 2.05) is 0 Å². The molecule has 2 heterocycles. The Hall–Kier alpha value is -7.16. The summed E-state index contributed by atoms with van der Waals surface area (Å²) in [6.45, 7) is 2.25. The van der Waals surface area contributed by atoms with Gasteiger partial charge in [0.15, 0.2) is 0 Å². The average molecular weight is 743 g/mol. The van der Waals surface area contributed by atoms with E-state index in [1.54, 1.807) is 0 Å². The largest absolute Gasteiger partial charge is 0.309 e. The van der Waals surface area contributed by atoms with Crippen molar-refractivity contribution in [3.8, 4) is 44.8 Å². The van der Waals surface area contributed by atoms with Crippen LogP contribution in [0.15, 0.2) is 200 Å². The number of aryl methyl sites for hydroxylation is 1. The minimum Gasteiger partial charge on any atom is -0.309 e. The summed E-state index contributed by atoms with van der Waals surface area (Å²) in [4.78, 5) is 0. The minimum atomic E-state index is 1.15. The van der Waals surface area contributed by atoms with Crippen molar-refractivity contribution in [3.63, 3.8) is 0 Å². The smallest absolute Gasteiger partial charge is 0.0541 e. The van der Waals surface area contributed by atoms with Crippen LogP contribution in [-0.2, 0) is 6.42 Å². The predicted octanol–water partition coefficient (Wildman–Crippen LogP) is 15.4. The van der Waals surface area contributed by atoms with Crippen LogP contribution in [0.4, 0.5) is 0 Å². The van der Waals surface area contributed by atoms with E-state index >= 15 is 0 Å². The van der Waals surface area contributed by atoms with E-state index in [-0.39, 0.29) is 0 Å². The fourth-order valence-corrected chi connectivity index (χ4v) is 9.10. The molecule has 0 fully saturated rings. The molecule has 9 aromatic carbocycles. The molecule has 11 aromatic rings. The van der Waals surface area contributed by atoms with Gasteiger partial charge in [0.25, 0.3) is 0 Å². The molecule has 0 saturated carbocycles. The van der Waals surface area contributed by atoms with E-state index in [1.165, 1.54) is 112 Å². The zero-order chi connectivity index (χ0) is 38.6. The summed E-state index contributed by atoms with van der Waals surface area (Å²) in [5.74, 6) is 0. The van der Waals surface area contributed by atoms with Crippen LogP contribution in [0.3, 0.4) is 0 Å². The van der Waals surface area contributed by atoms with Crippen molar-refractivity contribution in [1.29, 1.82) is 0 Å². The van der Waals surface area contributed by atoms with Gasteiger partial charge in [0.2, 0.25) is 0 Å². The molecule has 2 heteroatoms. The van der Waals surface area contributed by atoms with Crippen LogP contribution >= 0.6 is 0 Å². The van der Waals surface area contributed by atoms with Gasteiger partial charge in [-0.3, -0.25) is 0 Å². The molecular formula is C56H42N2. The van der Waals surface area contributed by atoms with Gasteiger partial charge in [-0.05, 0) is 123 Å². The average Bonchev–Trinajstić information content (AvgIpc) is 3.81. The van der Waals surface area contributed by atoms with E-state index in [0.29, 0.717) is 0 Å². The van der Waals surface area contributed by atoms with Gasteiger partial charge >= 0.3 is 0 Å². The molecule has 0 N–H and O–H groups in total. The van der Waals surface area contributed by atoms with E-state index in [4.69, 9.17) is 0 Å². The maximum Gasteiger partial charge on any atom is 0.0541 e. The van der Waals surface area contributed by atoms with Crippen molar-refractivity contribution in [3.05, 3.63) is 206 Å². The maximum atomic E-state index is 2.42. The lowest BCUT2D eigenvalue weighted by atomic mass is 9.98. The number of para-hydroxylation sites is 2. The Morgan fingerprint density at radius 3 is 1.43 bits per heavy atom. The summed E-state index contributed by atoms with van der Waals surface area (Å²) < 4.78 is 4.83. The molecule has 0 unspecified atom stereocenters. The lowest BCUT2D eigenvalue weighted by Crippen LogP contribution is -1.94. The summed E-state index contributed by atoms with van der Waals surface area (Å²) in [5, 5.41) is 7.52. The Kier molecular flexibility index (Phi) is 8.29. The van der Waals surface area contributed by atoms with Crippen molar-refractivity contribution in [2.24, 2.45) is 0 Å². The first-order valence-electron chi connectivity index (χ1n) is 20.6. The number of hydrogen-bond acceptors (Lipinski definition) is 0. The highest BCUT2D eigenvalue weighted by atomic mass is 15.0. The fraction of sp³-hybridized carbons (Fsp3) is 0.0714. The highest BCUT2D eigenvalue weighted by molar-refractivity contribution is 6.13. The van der Waals surface area contributed by atoms with E-state index in [0.717, 1.165) is 12.1 Å². The molecule has 2 nitrogen and oxygen atoms in total. The Balaban J connectivity index is 0.967. The number of aromatic nitrogens is 2. The van der Waals surface area contributed by atoms with Crippen molar-refractivity contribution < 1.29 is 0 Å². The molecule has 0 aliphatic heterocycles. The molecule has 0 bridgehead atoms. The van der Waals surface area contributed by atoms with Gasteiger partial charge in [-0.25, -0.2) is 0 Å². The SMILES string of the molecule is CCCCc1ccc(-c2ccc(-c3cccc(-n4c5ccccc5c5cc(-c6ccc7c(c6)c6ccccc6n7-c6ccc7ccccc7c6)ccc54)c3)cc2)cc1. The first-order chi connectivity index (χ1) is 28.7. The molecule has 58 heavy (non-hydrogen) atoms. The van der Waals surface area contributed by atoms with Crippen molar-refractivity contribution >= 4 is 54.4 Å². The summed E-state index contributed by atoms with van der Waals surface area (Å²) in [5.41, 5.74) is 15.9. The van der Waals surface area contributed by atoms with Gasteiger partial charge in [-0.1, -0.05) is 153 Å². The highest BCUT2D eigenvalue weighted by Crippen LogP contribution is 2.39. The monoisotopic (exact) mass is 742 g/mol. The number of benzene rings is 9. The van der Waals surface area contributed by atoms with Gasteiger partial charge in [0, 0.05) is 32.9 Å². The Morgan fingerprint density at radius 1 is 0.328 bits per heavy atom. The highest BCUT2D eigenvalue weighted by Gasteiger charge is 2.17. The van der Waals surface area contributed by atoms with Crippen LogP contribution in [0, 0.1) is 0 Å². The number of unbranched alkanes of at least 4 members (excludes halogenated alkanes) is 1. The molecule has 11 rings (SSSR count). The maximum absolute atomic E-state index is 2.42. The molecule has 0 radical (unpaired) electrons. The second-order valence-corrected chi connectivity index (χ2v) is 15.6. The number of hydrogen-bond donors (Lipinski definition) is 0. The topological polar surface area (TPSA) is 9.86 Å². The summed E-state index contributed by atoms with van der Waals surface area (Å²) in [6, 6.07) is 74.0. The molecule has 276 valence electrons. The first-order valence-corrected chi connectivity index (χ1v) is 20.6. The molecule has 0 spiro atoms. The number of rotatable bonds is 8. The van der Waals surface area contributed by atoms with Gasteiger partial charge in [0.05, 0.1) is 22.1 Å². The van der Waals surface area contributed by atoms with Crippen LogP contribution < -0.4 is 0 Å². The number of nitrogens with zero attached hydrogens (tertiary/aromatic N) is 2. The van der Waals surface area contributed by atoms with Gasteiger partial charge in [-0.2, -0.15) is 0 Å². The van der Waals surface area contributed by atoms with E-state index < -0.39 is 0 Å². The standard InChI is InChI=1S/C56H42N2/c1-2-3-11-38-20-22-40(23-21-38)41-24-26-42(27-25-41)44-14-10-15-47(34-44)57-53-18-8-6-16-49(53)51-36-45(29-32-55(51)57)46-30-33-56-52(37-46)50-17-7-9-19-54(50)58(56)48-31-28-39-12-4-5-13-43(39)35-48/h4-10,12-37H,2-3,11H2,1H3. The predicted molar refractivity (Wildman–Crippen MR) is 248 cm³/mol. The molecule has 2 aromatic heterocycles. The molecular weight excluding hydrogens is 701 g/mol. The number of fused-ring (bicyclic) bond motifs is 7. The molecule has 0 saturated heterocycles. The lowest BCUT2D eigenvalue weighted by molar-refractivity contribution is 0.795. The molecule has 0 aliphatic rings. The third-order valence-corrected chi connectivity index (χ3v) is 12.1. The van der Waals surface area contributed by atoms with Gasteiger partial charge in [0.1, 0.15) is 0 Å². The van der Waals surface area contributed by atoms with E-state index in [2.05, 4.69) is 216 Å². The Bertz CT molecular complexity index is 3300. The summed E-state index contributed by atoms with van der Waals surface area (Å²) in [7, 11) is 0. The quantitative estimate of drug-likeness (QED) is 0.147. The summed E-state index contributed by atoms with van der Waals surface area (Å²) >= 11 is 0. The van der Waals surface area contributed by atoms with Crippen LogP contribution in [0.1, 0.15) is 25.3 Å². The van der Waals surface area contributed by atoms with E-state index in [9.17, 15) is 0 Å². The van der Waals surface area contributed by atoms with Crippen LogP contribution in [0.5, 0.6) is 0 Å². The zero-order valence-electron chi connectivity index (χ0n) is 32.6. The molecule has 0 aliphatic carbocycles. The van der Waals surface area contributed by atoms with Crippen molar-refractivity contribution in [2.45, 2.75) is 26.2 Å². The Labute approximate surface area is 338 Å². The summed E-state index contributed by atoms with van der Waals surface area (Å²) in [6.07, 6.45) is 3.61. The van der Waals surface area contributed by atoms with Crippen LogP contribution in [0.25, 0.3) is 99.1 Å². The lowest BCUT2D eigenvalue weighted by Gasteiger charge is -2.12. The first kappa shape index (κ1) is 34.1. The minimum absolute atomic E-state index is 1.15. The second-order valence-electron chi connectivity index (χ2n) is 15.6. The van der Waals surface area contributed by atoms with Crippen LogP contribution in [0.2, 0.25) is 0 Å². The normalized spacial score (nSPS) is 11.7. The van der Waals surface area contributed by atoms with Gasteiger partial charge in [-0.15, -0.1) is 0 Å². The molecule has 0 amide bonds. The Morgan fingerprint density at radius 2 is 0.810 bits per heavy atom. The second kappa shape index (κ2) is 14.1. The molecule has 0 atom stereocenters. The third-order valence-electron chi connectivity index (χ3n) is 12.1. The van der Waals surface area contributed by atoms with Gasteiger partial charge < -0.3 is 9.13 Å². The van der Waals surface area contributed by atoms with Crippen LogP contribution in [-0.4, -0.2) is 9.13 Å². The fourth-order valence-electron chi connectivity index (χ4n) is 9.10. The zero-order valence-corrected chi connectivity index (χ0v) is 32.6. The van der Waals surface area contributed by atoms with Crippen molar-refractivity contribution in [2.75, 3.05) is 0 Å². The van der Waals surface area contributed by atoms with Crippen molar-refractivity contribution in [1.82, 2.24) is 9.13 Å².